The summed E-state index contributed by atoms with van der Waals surface area (Å²) < 4.78 is 11.3. The van der Waals surface area contributed by atoms with Crippen LogP contribution < -0.4 is 14.9 Å². The van der Waals surface area contributed by atoms with Crippen LogP contribution in [0.1, 0.15) is 4.88 Å². The van der Waals surface area contributed by atoms with Crippen LogP contribution in [0.4, 0.5) is 0 Å². The molecule has 0 saturated carbocycles. The van der Waals surface area contributed by atoms with Gasteiger partial charge in [-0.3, -0.25) is 4.79 Å². The highest BCUT2D eigenvalue weighted by molar-refractivity contribution is 7.18. The second-order valence-corrected chi connectivity index (χ2v) is 4.65. The van der Waals surface area contributed by atoms with Crippen LogP contribution in [0.3, 0.4) is 0 Å². The molecule has 0 aliphatic rings. The van der Waals surface area contributed by atoms with Crippen molar-refractivity contribution in [1.29, 1.82) is 0 Å². The van der Waals surface area contributed by atoms with Crippen LogP contribution >= 0.6 is 11.3 Å². The number of rotatable bonds is 2. The Morgan fingerprint density at radius 2 is 1.75 bits per heavy atom. The summed E-state index contributed by atoms with van der Waals surface area (Å²) in [6.07, 6.45) is 0. The number of hydrogen-bond donors (Lipinski definition) is 0. The molecule has 2 aromatic rings. The second kappa shape index (κ2) is 4.14. The molecule has 16 heavy (non-hydrogen) atoms. The summed E-state index contributed by atoms with van der Waals surface area (Å²) in [5.74, 6) is 1.30. The average Bonchev–Trinajstić information content (AvgIpc) is 2.27. The van der Waals surface area contributed by atoms with E-state index < -0.39 is 0 Å². The molecule has 0 atom stereocenters. The summed E-state index contributed by atoms with van der Waals surface area (Å²) in [5, 5.41) is 0.595. The van der Waals surface area contributed by atoms with Crippen LogP contribution in [0.2, 0.25) is 0 Å². The lowest BCUT2D eigenvalue weighted by Gasteiger charge is -2.08. The molecule has 0 aliphatic carbocycles. The van der Waals surface area contributed by atoms with E-state index in [-0.39, 0.29) is 5.43 Å². The molecule has 84 valence electrons. The van der Waals surface area contributed by atoms with Gasteiger partial charge in [0.1, 0.15) is 11.5 Å². The number of aryl methyl sites for hydroxylation is 1. The zero-order valence-electron chi connectivity index (χ0n) is 9.37. The van der Waals surface area contributed by atoms with E-state index in [0.29, 0.717) is 16.9 Å². The first-order valence-corrected chi connectivity index (χ1v) is 5.64. The van der Waals surface area contributed by atoms with Crippen LogP contribution in [0.5, 0.6) is 11.5 Å². The number of hydrogen-bond acceptors (Lipinski definition) is 4. The molecule has 0 spiro atoms. The first-order chi connectivity index (χ1) is 7.67. The Bertz CT molecular complexity index is 587. The molecule has 0 N–H and O–H groups in total. The lowest BCUT2D eigenvalue weighted by Crippen LogP contribution is -2.02. The van der Waals surface area contributed by atoms with E-state index in [0.717, 1.165) is 9.58 Å². The van der Waals surface area contributed by atoms with Crippen LogP contribution in [0.15, 0.2) is 23.0 Å². The van der Waals surface area contributed by atoms with Crippen molar-refractivity contribution in [2.45, 2.75) is 6.92 Å². The number of benzene rings is 1. The van der Waals surface area contributed by atoms with Crippen LogP contribution in [0, 0.1) is 6.92 Å². The number of methoxy groups -OCH3 is 2. The van der Waals surface area contributed by atoms with Gasteiger partial charge in [-0.05, 0) is 25.1 Å². The van der Waals surface area contributed by atoms with Crippen molar-refractivity contribution in [2.24, 2.45) is 0 Å². The van der Waals surface area contributed by atoms with Crippen molar-refractivity contribution in [3.8, 4) is 11.5 Å². The van der Waals surface area contributed by atoms with E-state index in [1.807, 2.05) is 13.0 Å². The fourth-order valence-electron chi connectivity index (χ4n) is 1.66. The Kier molecular flexibility index (Phi) is 2.83. The zero-order chi connectivity index (χ0) is 11.7. The molecule has 0 bridgehead atoms. The molecule has 1 aromatic carbocycles. The van der Waals surface area contributed by atoms with Gasteiger partial charge in [-0.2, -0.15) is 0 Å². The molecular weight excluding hydrogens is 224 g/mol. The highest BCUT2D eigenvalue weighted by atomic mass is 32.1. The SMILES string of the molecule is COc1ccc(OC)c2c(=O)cc(C)sc12. The Balaban J connectivity index is 2.96. The van der Waals surface area contributed by atoms with Gasteiger partial charge in [0.05, 0.1) is 24.3 Å². The monoisotopic (exact) mass is 236 g/mol. The van der Waals surface area contributed by atoms with Gasteiger partial charge in [-0.1, -0.05) is 0 Å². The molecule has 0 unspecified atom stereocenters. The van der Waals surface area contributed by atoms with Crippen LogP contribution in [-0.4, -0.2) is 14.2 Å². The van der Waals surface area contributed by atoms with Gasteiger partial charge >= 0.3 is 0 Å². The summed E-state index contributed by atoms with van der Waals surface area (Å²) in [5.41, 5.74) is -0.0259. The molecule has 0 aliphatic heterocycles. The Labute approximate surface area is 97.2 Å². The van der Waals surface area contributed by atoms with Gasteiger partial charge in [0, 0.05) is 4.88 Å². The quantitative estimate of drug-likeness (QED) is 0.804. The summed E-state index contributed by atoms with van der Waals surface area (Å²) in [4.78, 5) is 12.9. The lowest BCUT2D eigenvalue weighted by atomic mass is 10.2. The van der Waals surface area contributed by atoms with Gasteiger partial charge in [0.2, 0.25) is 0 Å². The van der Waals surface area contributed by atoms with Crippen molar-refractivity contribution in [3.05, 3.63) is 33.3 Å². The molecule has 0 amide bonds. The zero-order valence-corrected chi connectivity index (χ0v) is 10.2. The van der Waals surface area contributed by atoms with E-state index in [9.17, 15) is 4.79 Å². The molecule has 0 fully saturated rings. The minimum atomic E-state index is -0.0259. The van der Waals surface area contributed by atoms with E-state index in [1.54, 1.807) is 26.4 Å². The van der Waals surface area contributed by atoms with Crippen molar-refractivity contribution in [3.63, 3.8) is 0 Å². The van der Waals surface area contributed by atoms with Crippen molar-refractivity contribution >= 4 is 21.4 Å². The fraction of sp³-hybridized carbons (Fsp3) is 0.250. The van der Waals surface area contributed by atoms with E-state index in [4.69, 9.17) is 9.47 Å². The van der Waals surface area contributed by atoms with Gasteiger partial charge in [-0.15, -0.1) is 11.3 Å². The van der Waals surface area contributed by atoms with Gasteiger partial charge in [0.25, 0.3) is 0 Å². The topological polar surface area (TPSA) is 35.5 Å². The first kappa shape index (κ1) is 11.0. The molecule has 4 heteroatoms. The third-order valence-corrected chi connectivity index (χ3v) is 3.42. The Morgan fingerprint density at radius 3 is 2.38 bits per heavy atom. The molecular formula is C12H12O3S. The Hall–Kier alpha value is -1.55. The average molecular weight is 236 g/mol. The molecule has 1 heterocycles. The van der Waals surface area contributed by atoms with E-state index in [1.165, 1.54) is 11.3 Å². The predicted octanol–water partition coefficient (Wildman–Crippen LogP) is 2.59. The summed E-state index contributed by atoms with van der Waals surface area (Å²) in [6.45, 7) is 1.91. The minimum Gasteiger partial charge on any atom is -0.496 e. The summed E-state index contributed by atoms with van der Waals surface area (Å²) in [6, 6.07) is 5.19. The summed E-state index contributed by atoms with van der Waals surface area (Å²) >= 11 is 1.53. The van der Waals surface area contributed by atoms with Gasteiger partial charge in [-0.25, -0.2) is 0 Å². The molecule has 1 aromatic heterocycles. The second-order valence-electron chi connectivity index (χ2n) is 3.40. The van der Waals surface area contributed by atoms with Crippen LogP contribution in [-0.2, 0) is 0 Å². The summed E-state index contributed by atoms with van der Waals surface area (Å²) in [7, 11) is 3.16. The molecule has 2 rings (SSSR count). The lowest BCUT2D eigenvalue weighted by molar-refractivity contribution is 0.411. The third kappa shape index (κ3) is 1.65. The van der Waals surface area contributed by atoms with Gasteiger partial charge in [0.15, 0.2) is 5.43 Å². The Morgan fingerprint density at radius 1 is 1.12 bits per heavy atom. The maximum absolute atomic E-state index is 11.9. The smallest absolute Gasteiger partial charge is 0.192 e. The predicted molar refractivity (Wildman–Crippen MR) is 65.9 cm³/mol. The van der Waals surface area contributed by atoms with Crippen molar-refractivity contribution in [1.82, 2.24) is 0 Å². The highest BCUT2D eigenvalue weighted by Gasteiger charge is 2.11. The number of ether oxygens (including phenoxy) is 2. The van der Waals surface area contributed by atoms with E-state index >= 15 is 0 Å². The van der Waals surface area contributed by atoms with Crippen LogP contribution in [0.25, 0.3) is 10.1 Å². The molecule has 3 nitrogen and oxygen atoms in total. The van der Waals surface area contributed by atoms with Crippen molar-refractivity contribution < 1.29 is 9.47 Å². The minimum absolute atomic E-state index is 0.0259. The molecule has 0 saturated heterocycles. The van der Waals surface area contributed by atoms with Gasteiger partial charge < -0.3 is 9.47 Å². The third-order valence-electron chi connectivity index (χ3n) is 2.37. The number of fused-ring (bicyclic) bond motifs is 1. The fourth-order valence-corrected chi connectivity index (χ4v) is 2.70. The maximum atomic E-state index is 11.9. The maximum Gasteiger partial charge on any atom is 0.192 e. The standard InChI is InChI=1S/C12H12O3S/c1-7-6-8(13)11-9(14-2)4-5-10(15-3)12(11)16-7/h4-6H,1-3H3. The van der Waals surface area contributed by atoms with Crippen molar-refractivity contribution in [2.75, 3.05) is 14.2 Å². The first-order valence-electron chi connectivity index (χ1n) is 4.83. The highest BCUT2D eigenvalue weighted by Crippen LogP contribution is 2.34. The largest absolute Gasteiger partial charge is 0.496 e. The van der Waals surface area contributed by atoms with E-state index in [2.05, 4.69) is 0 Å². The normalized spacial score (nSPS) is 10.4. The molecule has 0 radical (unpaired) electrons.